The highest BCUT2D eigenvalue weighted by molar-refractivity contribution is 8.76. The highest BCUT2D eigenvalue weighted by Gasteiger charge is 2.02. The Bertz CT molecular complexity index is 446. The topological polar surface area (TPSA) is 52.0 Å². The summed E-state index contributed by atoms with van der Waals surface area (Å²) in [6.45, 7) is 0. The quantitative estimate of drug-likeness (QED) is 0.659. The average molecular weight is 285 g/mol. The maximum absolute atomic E-state index is 5.86. The monoisotopic (exact) mass is 284 g/mol. The van der Waals surface area contributed by atoms with Gasteiger partial charge in [0.1, 0.15) is 0 Å². The Morgan fingerprint density at radius 2 is 1.00 bits per heavy atom. The molecular formula is C12H13ClN2S2. The highest BCUT2D eigenvalue weighted by atomic mass is 35.5. The van der Waals surface area contributed by atoms with Crippen LogP contribution in [0.2, 0.25) is 0 Å². The Kier molecular flexibility index (Phi) is 5.55. The van der Waals surface area contributed by atoms with Crippen molar-refractivity contribution in [2.24, 2.45) is 0 Å². The van der Waals surface area contributed by atoms with Gasteiger partial charge in [-0.25, -0.2) is 0 Å². The summed E-state index contributed by atoms with van der Waals surface area (Å²) in [6, 6.07) is 15.6. The molecule has 2 rings (SSSR count). The van der Waals surface area contributed by atoms with Crippen molar-refractivity contribution in [2.75, 3.05) is 11.5 Å². The van der Waals surface area contributed by atoms with Crippen LogP contribution in [0.25, 0.3) is 0 Å². The van der Waals surface area contributed by atoms with E-state index < -0.39 is 0 Å². The molecule has 0 spiro atoms. The fraction of sp³-hybridized carbons (Fsp3) is 0. The summed E-state index contributed by atoms with van der Waals surface area (Å²) in [6.07, 6.45) is 0. The third-order valence-corrected chi connectivity index (χ3v) is 4.57. The van der Waals surface area contributed by atoms with Gasteiger partial charge >= 0.3 is 0 Å². The van der Waals surface area contributed by atoms with Gasteiger partial charge in [0.05, 0.1) is 0 Å². The zero-order valence-corrected chi connectivity index (χ0v) is 11.4. The molecule has 0 saturated heterocycles. The number of rotatable bonds is 3. The lowest BCUT2D eigenvalue weighted by Gasteiger charge is -2.05. The summed E-state index contributed by atoms with van der Waals surface area (Å²) in [5, 5.41) is 0. The number of benzene rings is 2. The summed E-state index contributed by atoms with van der Waals surface area (Å²) in [5.41, 5.74) is 13.3. The zero-order chi connectivity index (χ0) is 11.4. The normalized spacial score (nSPS) is 9.65. The molecule has 0 unspecified atom stereocenters. The first-order valence-corrected chi connectivity index (χ1v) is 6.96. The van der Waals surface area contributed by atoms with Crippen LogP contribution in [-0.2, 0) is 0 Å². The van der Waals surface area contributed by atoms with Gasteiger partial charge in [0.2, 0.25) is 0 Å². The molecule has 0 aliphatic rings. The SMILES string of the molecule is Cl.Nc1ccccc1SSc1ccccc1N. The van der Waals surface area contributed by atoms with Gasteiger partial charge in [0.25, 0.3) is 0 Å². The van der Waals surface area contributed by atoms with Crippen LogP contribution in [0.3, 0.4) is 0 Å². The summed E-state index contributed by atoms with van der Waals surface area (Å²) in [4.78, 5) is 2.13. The Hall–Kier alpha value is -0.970. The second kappa shape index (κ2) is 6.69. The van der Waals surface area contributed by atoms with Crippen molar-refractivity contribution in [2.45, 2.75) is 9.79 Å². The molecule has 0 aromatic heterocycles. The number of nitrogens with two attached hydrogens (primary N) is 2. The van der Waals surface area contributed by atoms with Crippen molar-refractivity contribution in [1.29, 1.82) is 0 Å². The van der Waals surface area contributed by atoms with Crippen LogP contribution in [0, 0.1) is 0 Å². The average Bonchev–Trinajstić information content (AvgIpc) is 2.30. The van der Waals surface area contributed by atoms with Crippen LogP contribution in [0.4, 0.5) is 11.4 Å². The van der Waals surface area contributed by atoms with E-state index in [2.05, 4.69) is 0 Å². The van der Waals surface area contributed by atoms with E-state index >= 15 is 0 Å². The van der Waals surface area contributed by atoms with Crippen LogP contribution in [0.1, 0.15) is 0 Å². The molecule has 0 amide bonds. The van der Waals surface area contributed by atoms with E-state index in [0.29, 0.717) is 0 Å². The van der Waals surface area contributed by atoms with Crippen LogP contribution >= 0.6 is 34.0 Å². The molecule has 0 aliphatic carbocycles. The Balaban J connectivity index is 0.00000144. The van der Waals surface area contributed by atoms with Gasteiger partial charge in [-0.3, -0.25) is 0 Å². The summed E-state index contributed by atoms with van der Waals surface area (Å²) < 4.78 is 0. The minimum Gasteiger partial charge on any atom is -0.398 e. The molecule has 0 bridgehead atoms. The standard InChI is InChI=1S/C12H12N2S2.ClH/c13-9-5-1-3-7-11(9)15-16-12-8-4-2-6-10(12)14;/h1-8H,13-14H2;1H. The second-order valence-electron chi connectivity index (χ2n) is 3.24. The highest BCUT2D eigenvalue weighted by Crippen LogP contribution is 2.41. The van der Waals surface area contributed by atoms with Crippen molar-refractivity contribution in [3.63, 3.8) is 0 Å². The van der Waals surface area contributed by atoms with Crippen molar-refractivity contribution < 1.29 is 0 Å². The van der Waals surface area contributed by atoms with Gasteiger partial charge in [0, 0.05) is 21.2 Å². The molecule has 17 heavy (non-hydrogen) atoms. The Morgan fingerprint density at radius 3 is 1.35 bits per heavy atom. The number of halogens is 1. The molecule has 0 atom stereocenters. The van der Waals surface area contributed by atoms with E-state index in [-0.39, 0.29) is 12.4 Å². The summed E-state index contributed by atoms with van der Waals surface area (Å²) in [7, 11) is 3.25. The molecule has 90 valence electrons. The largest absolute Gasteiger partial charge is 0.398 e. The van der Waals surface area contributed by atoms with Crippen LogP contribution in [0.5, 0.6) is 0 Å². The lowest BCUT2D eigenvalue weighted by Crippen LogP contribution is -1.87. The predicted octanol–water partition coefficient (Wildman–Crippen LogP) is 4.07. The summed E-state index contributed by atoms with van der Waals surface area (Å²) >= 11 is 0. The molecule has 4 N–H and O–H groups in total. The van der Waals surface area contributed by atoms with Crippen LogP contribution in [-0.4, -0.2) is 0 Å². The number of nitrogen functional groups attached to an aromatic ring is 2. The third kappa shape index (κ3) is 3.77. The van der Waals surface area contributed by atoms with Gasteiger partial charge in [-0.2, -0.15) is 0 Å². The van der Waals surface area contributed by atoms with E-state index in [1.54, 1.807) is 21.6 Å². The van der Waals surface area contributed by atoms with Gasteiger partial charge in [-0.05, 0) is 24.3 Å². The fourth-order valence-corrected chi connectivity index (χ4v) is 3.43. The number of hydrogen-bond donors (Lipinski definition) is 2. The molecule has 0 heterocycles. The van der Waals surface area contributed by atoms with Crippen molar-refractivity contribution in [1.82, 2.24) is 0 Å². The van der Waals surface area contributed by atoms with Crippen molar-refractivity contribution in [3.05, 3.63) is 48.5 Å². The molecule has 0 aliphatic heterocycles. The van der Waals surface area contributed by atoms with Crippen molar-refractivity contribution in [3.8, 4) is 0 Å². The van der Waals surface area contributed by atoms with Gasteiger partial charge in [-0.1, -0.05) is 45.9 Å². The van der Waals surface area contributed by atoms with Gasteiger partial charge < -0.3 is 11.5 Å². The Morgan fingerprint density at radius 1 is 0.647 bits per heavy atom. The molecule has 5 heteroatoms. The minimum absolute atomic E-state index is 0. The molecular weight excluding hydrogens is 272 g/mol. The number of para-hydroxylation sites is 2. The molecule has 2 aromatic carbocycles. The fourth-order valence-electron chi connectivity index (χ4n) is 1.20. The van der Waals surface area contributed by atoms with E-state index in [0.717, 1.165) is 21.2 Å². The molecule has 0 radical (unpaired) electrons. The first-order chi connectivity index (χ1) is 7.77. The summed E-state index contributed by atoms with van der Waals surface area (Å²) in [5.74, 6) is 0. The lowest BCUT2D eigenvalue weighted by molar-refractivity contribution is 1.46. The minimum atomic E-state index is 0. The van der Waals surface area contributed by atoms with E-state index in [1.165, 1.54) is 0 Å². The molecule has 2 nitrogen and oxygen atoms in total. The first-order valence-electron chi connectivity index (χ1n) is 4.81. The third-order valence-electron chi connectivity index (χ3n) is 2.06. The van der Waals surface area contributed by atoms with E-state index in [9.17, 15) is 0 Å². The predicted molar refractivity (Wildman–Crippen MR) is 80.7 cm³/mol. The molecule has 0 fully saturated rings. The smallest absolute Gasteiger partial charge is 0.0461 e. The van der Waals surface area contributed by atoms with E-state index in [1.807, 2.05) is 48.5 Å². The van der Waals surface area contributed by atoms with E-state index in [4.69, 9.17) is 11.5 Å². The number of anilines is 2. The van der Waals surface area contributed by atoms with Gasteiger partial charge in [-0.15, -0.1) is 12.4 Å². The van der Waals surface area contributed by atoms with Crippen molar-refractivity contribution >= 4 is 45.4 Å². The molecule has 0 saturated carbocycles. The maximum atomic E-state index is 5.86. The second-order valence-corrected chi connectivity index (χ2v) is 5.46. The first kappa shape index (κ1) is 14.1. The lowest BCUT2D eigenvalue weighted by atomic mass is 10.3. The number of hydrogen-bond acceptors (Lipinski definition) is 4. The van der Waals surface area contributed by atoms with Gasteiger partial charge in [0.15, 0.2) is 0 Å². The van der Waals surface area contributed by atoms with Crippen LogP contribution < -0.4 is 11.5 Å². The maximum Gasteiger partial charge on any atom is 0.0461 e. The molecule has 2 aromatic rings. The zero-order valence-electron chi connectivity index (χ0n) is 9.00. The van der Waals surface area contributed by atoms with Crippen LogP contribution in [0.15, 0.2) is 58.3 Å². The Labute approximate surface area is 115 Å².